The van der Waals surface area contributed by atoms with Crippen molar-refractivity contribution in [2.24, 2.45) is 0 Å². The molecule has 1 heterocycles. The maximum absolute atomic E-state index is 12.9. The van der Waals surface area contributed by atoms with E-state index in [9.17, 15) is 9.59 Å². The number of carbonyl (C=O) groups is 2. The second-order valence-corrected chi connectivity index (χ2v) is 7.76. The summed E-state index contributed by atoms with van der Waals surface area (Å²) in [6, 6.07) is 12.4. The van der Waals surface area contributed by atoms with Gasteiger partial charge >= 0.3 is 0 Å². The van der Waals surface area contributed by atoms with Crippen LogP contribution in [0.3, 0.4) is 0 Å². The van der Waals surface area contributed by atoms with Gasteiger partial charge in [-0.1, -0.05) is 30.7 Å². The molecule has 2 aromatic carbocycles. The minimum Gasteiger partial charge on any atom is -0.491 e. The van der Waals surface area contributed by atoms with Gasteiger partial charge in [0.2, 0.25) is 5.91 Å². The summed E-state index contributed by atoms with van der Waals surface area (Å²) < 4.78 is 11.5. The predicted octanol–water partition coefficient (Wildman–Crippen LogP) is 4.66. The first-order valence-corrected chi connectivity index (χ1v) is 10.0. The summed E-state index contributed by atoms with van der Waals surface area (Å²) in [5.74, 6) is 0.770. The zero-order chi connectivity index (χ0) is 21.0. The Kier molecular flexibility index (Phi) is 6.33. The molecule has 0 saturated carbocycles. The van der Waals surface area contributed by atoms with Crippen molar-refractivity contribution in [1.29, 1.82) is 0 Å². The quantitative estimate of drug-likeness (QED) is 0.712. The zero-order valence-corrected chi connectivity index (χ0v) is 17.6. The fourth-order valence-electron chi connectivity index (χ4n) is 3.10. The van der Waals surface area contributed by atoms with Gasteiger partial charge in [0, 0.05) is 18.0 Å². The Hall–Kier alpha value is -2.73. The summed E-state index contributed by atoms with van der Waals surface area (Å²) in [4.78, 5) is 27.0. The zero-order valence-electron chi connectivity index (χ0n) is 16.8. The van der Waals surface area contributed by atoms with Crippen LogP contribution in [-0.4, -0.2) is 30.6 Å². The van der Waals surface area contributed by atoms with Crippen LogP contribution in [0.1, 0.15) is 33.6 Å². The molecule has 0 aromatic heterocycles. The van der Waals surface area contributed by atoms with Gasteiger partial charge < -0.3 is 19.7 Å². The summed E-state index contributed by atoms with van der Waals surface area (Å²) in [5, 5.41) is 3.37. The van der Waals surface area contributed by atoms with Gasteiger partial charge in [-0.2, -0.15) is 0 Å². The van der Waals surface area contributed by atoms with Crippen LogP contribution in [0.25, 0.3) is 0 Å². The third-order valence-corrected chi connectivity index (χ3v) is 4.76. The minimum atomic E-state index is -1.02. The molecule has 1 N–H and O–H groups in total. The van der Waals surface area contributed by atoms with E-state index in [4.69, 9.17) is 21.1 Å². The van der Waals surface area contributed by atoms with Gasteiger partial charge in [-0.25, -0.2) is 0 Å². The first-order chi connectivity index (χ1) is 13.8. The molecule has 0 atom stereocenters. The lowest BCUT2D eigenvalue weighted by Crippen LogP contribution is -2.53. The van der Waals surface area contributed by atoms with Gasteiger partial charge in [0.1, 0.15) is 11.5 Å². The molecule has 154 valence electrons. The monoisotopic (exact) mass is 416 g/mol. The van der Waals surface area contributed by atoms with Crippen molar-refractivity contribution in [3.8, 4) is 11.5 Å². The first-order valence-electron chi connectivity index (χ1n) is 9.64. The first kappa shape index (κ1) is 21.0. The number of nitrogens with one attached hydrogen (secondary N) is 1. The summed E-state index contributed by atoms with van der Waals surface area (Å²) in [5.41, 5.74) is 0.169. The average Bonchev–Trinajstić information content (AvgIpc) is 2.68. The van der Waals surface area contributed by atoms with Gasteiger partial charge in [-0.15, -0.1) is 0 Å². The molecule has 0 spiro atoms. The van der Waals surface area contributed by atoms with Gasteiger partial charge in [-0.3, -0.25) is 9.59 Å². The van der Waals surface area contributed by atoms with Crippen LogP contribution in [0.5, 0.6) is 11.5 Å². The molecule has 2 amide bonds. The molecule has 0 aliphatic carbocycles. The number of hydrogen-bond acceptors (Lipinski definition) is 4. The standard InChI is InChI=1S/C22H25ClN2O4/c1-4-13-28-18-8-6-5-7-16(18)24-20(26)11-12-25-17-14-15(23)9-10-19(17)29-22(2,3)21(25)27/h5-10,14H,4,11-13H2,1-3H3,(H,24,26). The number of halogens is 1. The highest BCUT2D eigenvalue weighted by Gasteiger charge is 2.40. The average molecular weight is 417 g/mol. The lowest BCUT2D eigenvalue weighted by molar-refractivity contribution is -0.132. The van der Waals surface area contributed by atoms with Crippen molar-refractivity contribution >= 4 is 34.8 Å². The fraction of sp³-hybridized carbons (Fsp3) is 0.364. The highest BCUT2D eigenvalue weighted by molar-refractivity contribution is 6.31. The Bertz CT molecular complexity index is 913. The van der Waals surface area contributed by atoms with Crippen LogP contribution in [0.15, 0.2) is 42.5 Å². The smallest absolute Gasteiger partial charge is 0.270 e. The normalized spacial score (nSPS) is 14.8. The van der Waals surface area contributed by atoms with Crippen LogP contribution in [0.4, 0.5) is 11.4 Å². The highest BCUT2D eigenvalue weighted by Crippen LogP contribution is 2.39. The van der Waals surface area contributed by atoms with Crippen LogP contribution in [0.2, 0.25) is 5.02 Å². The maximum atomic E-state index is 12.9. The number of rotatable bonds is 7. The molecule has 1 aliphatic heterocycles. The Balaban J connectivity index is 1.72. The van der Waals surface area contributed by atoms with E-state index in [1.54, 1.807) is 43.0 Å². The summed E-state index contributed by atoms with van der Waals surface area (Å²) in [6.45, 7) is 6.22. The number of amides is 2. The topological polar surface area (TPSA) is 67.9 Å². The van der Waals surface area contributed by atoms with Gasteiger partial charge in [-0.05, 0) is 50.6 Å². The number of fused-ring (bicyclic) bond motifs is 1. The van der Waals surface area contributed by atoms with E-state index in [-0.39, 0.29) is 24.8 Å². The molecule has 0 saturated heterocycles. The molecular weight excluding hydrogens is 392 g/mol. The third kappa shape index (κ3) is 4.82. The van der Waals surface area contributed by atoms with E-state index < -0.39 is 5.60 Å². The van der Waals surface area contributed by atoms with Crippen LogP contribution in [-0.2, 0) is 9.59 Å². The van der Waals surface area contributed by atoms with E-state index in [1.165, 1.54) is 0 Å². The highest BCUT2D eigenvalue weighted by atomic mass is 35.5. The van der Waals surface area contributed by atoms with E-state index in [2.05, 4.69) is 5.32 Å². The lowest BCUT2D eigenvalue weighted by atomic mass is 10.0. The fourth-order valence-corrected chi connectivity index (χ4v) is 3.26. The molecule has 0 radical (unpaired) electrons. The van der Waals surface area contributed by atoms with E-state index in [0.717, 1.165) is 6.42 Å². The largest absolute Gasteiger partial charge is 0.491 e. The Labute approximate surface area is 175 Å². The second-order valence-electron chi connectivity index (χ2n) is 7.32. The number of hydrogen-bond donors (Lipinski definition) is 1. The molecule has 0 unspecified atom stereocenters. The third-order valence-electron chi connectivity index (χ3n) is 4.52. The molecule has 29 heavy (non-hydrogen) atoms. The molecule has 0 bridgehead atoms. The number of benzene rings is 2. The Morgan fingerprint density at radius 1 is 1.24 bits per heavy atom. The second kappa shape index (κ2) is 8.74. The minimum absolute atomic E-state index is 0.121. The summed E-state index contributed by atoms with van der Waals surface area (Å²) in [7, 11) is 0. The SMILES string of the molecule is CCCOc1ccccc1NC(=O)CCN1C(=O)C(C)(C)Oc2ccc(Cl)cc21. The molecular formula is C22H25ClN2O4. The Morgan fingerprint density at radius 3 is 2.76 bits per heavy atom. The predicted molar refractivity (Wildman–Crippen MR) is 114 cm³/mol. The van der Waals surface area contributed by atoms with E-state index in [1.807, 2.05) is 25.1 Å². The van der Waals surface area contributed by atoms with Gasteiger partial charge in [0.25, 0.3) is 5.91 Å². The number of nitrogens with zero attached hydrogens (tertiary/aromatic N) is 1. The van der Waals surface area contributed by atoms with Crippen molar-refractivity contribution in [3.05, 3.63) is 47.5 Å². The lowest BCUT2D eigenvalue weighted by Gasteiger charge is -2.38. The number of ether oxygens (including phenoxy) is 2. The van der Waals surface area contributed by atoms with Crippen molar-refractivity contribution in [2.75, 3.05) is 23.4 Å². The molecule has 7 heteroatoms. The van der Waals surface area contributed by atoms with Crippen LogP contribution in [0, 0.1) is 0 Å². The number of carbonyl (C=O) groups excluding carboxylic acids is 2. The molecule has 0 fully saturated rings. The van der Waals surface area contributed by atoms with Crippen molar-refractivity contribution in [3.63, 3.8) is 0 Å². The molecule has 6 nitrogen and oxygen atoms in total. The molecule has 2 aromatic rings. The van der Waals surface area contributed by atoms with Crippen molar-refractivity contribution in [2.45, 2.75) is 39.2 Å². The van der Waals surface area contributed by atoms with E-state index in [0.29, 0.717) is 34.5 Å². The van der Waals surface area contributed by atoms with Crippen molar-refractivity contribution in [1.82, 2.24) is 0 Å². The number of para-hydroxylation sites is 2. The molecule has 1 aliphatic rings. The summed E-state index contributed by atoms with van der Waals surface area (Å²) >= 11 is 6.10. The van der Waals surface area contributed by atoms with Crippen LogP contribution < -0.4 is 19.7 Å². The Morgan fingerprint density at radius 2 is 2.00 bits per heavy atom. The van der Waals surface area contributed by atoms with Crippen molar-refractivity contribution < 1.29 is 19.1 Å². The summed E-state index contributed by atoms with van der Waals surface area (Å²) in [6.07, 6.45) is 0.995. The van der Waals surface area contributed by atoms with Gasteiger partial charge in [0.05, 0.1) is 18.0 Å². The van der Waals surface area contributed by atoms with Crippen LogP contribution >= 0.6 is 11.6 Å². The number of anilines is 2. The van der Waals surface area contributed by atoms with Gasteiger partial charge in [0.15, 0.2) is 5.60 Å². The molecule has 3 rings (SSSR count). The maximum Gasteiger partial charge on any atom is 0.270 e. The van der Waals surface area contributed by atoms with E-state index >= 15 is 0 Å².